The zero-order valence-electron chi connectivity index (χ0n) is 13.4. The first kappa shape index (κ1) is 16.0. The SMILES string of the molecule is O=C(c1ccc(Br)cc1)N1CCCC1c1nc(-c2ccccc2)no1. The van der Waals surface area contributed by atoms with Gasteiger partial charge in [-0.1, -0.05) is 51.4 Å². The smallest absolute Gasteiger partial charge is 0.254 e. The number of rotatable bonds is 3. The van der Waals surface area contributed by atoms with Gasteiger partial charge in [-0.2, -0.15) is 4.98 Å². The van der Waals surface area contributed by atoms with Crippen LogP contribution in [0.5, 0.6) is 0 Å². The summed E-state index contributed by atoms with van der Waals surface area (Å²) in [6.07, 6.45) is 1.76. The second-order valence-electron chi connectivity index (χ2n) is 5.99. The first-order chi connectivity index (χ1) is 12.2. The van der Waals surface area contributed by atoms with E-state index < -0.39 is 0 Å². The van der Waals surface area contributed by atoms with Crippen molar-refractivity contribution in [2.45, 2.75) is 18.9 Å². The highest BCUT2D eigenvalue weighted by molar-refractivity contribution is 9.10. The van der Waals surface area contributed by atoms with Crippen LogP contribution in [0.4, 0.5) is 0 Å². The second kappa shape index (κ2) is 6.80. The summed E-state index contributed by atoms with van der Waals surface area (Å²) in [5, 5.41) is 4.08. The van der Waals surface area contributed by atoms with E-state index in [4.69, 9.17) is 4.52 Å². The Labute approximate surface area is 153 Å². The lowest BCUT2D eigenvalue weighted by molar-refractivity contribution is 0.0710. The first-order valence-electron chi connectivity index (χ1n) is 8.18. The van der Waals surface area contributed by atoms with Crippen LogP contribution < -0.4 is 0 Å². The predicted molar refractivity (Wildman–Crippen MR) is 96.9 cm³/mol. The predicted octanol–water partition coefficient (Wildman–Crippen LogP) is 4.48. The summed E-state index contributed by atoms with van der Waals surface area (Å²) in [6, 6.07) is 16.9. The van der Waals surface area contributed by atoms with E-state index in [0.29, 0.717) is 23.8 Å². The molecule has 1 aliphatic heterocycles. The van der Waals surface area contributed by atoms with E-state index in [0.717, 1.165) is 22.9 Å². The Balaban J connectivity index is 1.58. The van der Waals surface area contributed by atoms with Crippen molar-refractivity contribution in [1.29, 1.82) is 0 Å². The van der Waals surface area contributed by atoms with Gasteiger partial charge >= 0.3 is 0 Å². The minimum Gasteiger partial charge on any atom is -0.337 e. The minimum atomic E-state index is -0.166. The zero-order valence-corrected chi connectivity index (χ0v) is 15.0. The summed E-state index contributed by atoms with van der Waals surface area (Å²) in [5.74, 6) is 1.05. The zero-order chi connectivity index (χ0) is 17.2. The van der Waals surface area contributed by atoms with Gasteiger partial charge in [0.05, 0.1) is 0 Å². The first-order valence-corrected chi connectivity index (χ1v) is 8.97. The molecule has 0 bridgehead atoms. The molecule has 1 saturated heterocycles. The molecule has 2 aromatic carbocycles. The molecule has 1 unspecified atom stereocenters. The van der Waals surface area contributed by atoms with Crippen molar-refractivity contribution >= 4 is 21.8 Å². The highest BCUT2D eigenvalue weighted by Gasteiger charge is 2.34. The molecule has 0 radical (unpaired) electrons. The van der Waals surface area contributed by atoms with Crippen LogP contribution in [-0.4, -0.2) is 27.5 Å². The maximum absolute atomic E-state index is 12.8. The lowest BCUT2D eigenvalue weighted by Crippen LogP contribution is -2.30. The van der Waals surface area contributed by atoms with E-state index in [2.05, 4.69) is 26.1 Å². The van der Waals surface area contributed by atoms with Crippen molar-refractivity contribution in [3.8, 4) is 11.4 Å². The molecule has 0 saturated carbocycles. The average Bonchev–Trinajstić information content (AvgIpc) is 3.32. The third-order valence-corrected chi connectivity index (χ3v) is 4.89. The van der Waals surface area contributed by atoms with E-state index in [-0.39, 0.29) is 11.9 Å². The molecule has 4 rings (SSSR count). The van der Waals surface area contributed by atoms with Crippen LogP contribution >= 0.6 is 15.9 Å². The molecule has 0 N–H and O–H groups in total. The van der Waals surface area contributed by atoms with E-state index >= 15 is 0 Å². The Morgan fingerprint density at radius 3 is 2.64 bits per heavy atom. The summed E-state index contributed by atoms with van der Waals surface area (Å²) >= 11 is 3.39. The van der Waals surface area contributed by atoms with E-state index in [1.54, 1.807) is 0 Å². The van der Waals surface area contributed by atoms with Crippen molar-refractivity contribution in [3.05, 3.63) is 70.5 Å². The number of carbonyl (C=O) groups excluding carboxylic acids is 1. The third-order valence-electron chi connectivity index (χ3n) is 4.36. The van der Waals surface area contributed by atoms with Gasteiger partial charge in [0.15, 0.2) is 0 Å². The number of hydrogen-bond acceptors (Lipinski definition) is 4. The van der Waals surface area contributed by atoms with Gasteiger partial charge in [0.2, 0.25) is 11.7 Å². The van der Waals surface area contributed by atoms with Gasteiger partial charge in [-0.3, -0.25) is 4.79 Å². The van der Waals surface area contributed by atoms with E-state index in [9.17, 15) is 4.79 Å². The van der Waals surface area contributed by atoms with Crippen LogP contribution in [0.1, 0.15) is 35.1 Å². The lowest BCUT2D eigenvalue weighted by Gasteiger charge is -2.21. The van der Waals surface area contributed by atoms with Crippen molar-refractivity contribution < 1.29 is 9.32 Å². The Bertz CT molecular complexity index is 877. The molecule has 0 spiro atoms. The molecule has 126 valence electrons. The standard InChI is InChI=1S/C19H16BrN3O2/c20-15-10-8-14(9-11-15)19(24)23-12-4-7-16(23)18-21-17(22-25-18)13-5-2-1-3-6-13/h1-3,5-6,8-11,16H,4,7,12H2. The van der Waals surface area contributed by atoms with Crippen LogP contribution in [0.25, 0.3) is 11.4 Å². The van der Waals surface area contributed by atoms with Gasteiger partial charge in [0.1, 0.15) is 6.04 Å². The van der Waals surface area contributed by atoms with E-state index in [1.807, 2.05) is 59.5 Å². The molecule has 1 atom stereocenters. The quantitative estimate of drug-likeness (QED) is 0.653. The number of hydrogen-bond donors (Lipinski definition) is 0. The van der Waals surface area contributed by atoms with E-state index in [1.165, 1.54) is 0 Å². The normalized spacial score (nSPS) is 17.0. The molecule has 1 aromatic heterocycles. The highest BCUT2D eigenvalue weighted by Crippen LogP contribution is 2.33. The summed E-state index contributed by atoms with van der Waals surface area (Å²) in [5.41, 5.74) is 1.57. The topological polar surface area (TPSA) is 59.2 Å². The van der Waals surface area contributed by atoms with Crippen LogP contribution in [0.15, 0.2) is 63.6 Å². The van der Waals surface area contributed by atoms with Gasteiger partial charge in [0.25, 0.3) is 5.91 Å². The number of aromatic nitrogens is 2. The van der Waals surface area contributed by atoms with Crippen LogP contribution in [-0.2, 0) is 0 Å². The van der Waals surface area contributed by atoms with Gasteiger partial charge < -0.3 is 9.42 Å². The van der Waals surface area contributed by atoms with Crippen molar-refractivity contribution in [1.82, 2.24) is 15.0 Å². The Kier molecular flexibility index (Phi) is 4.36. The monoisotopic (exact) mass is 397 g/mol. The van der Waals surface area contributed by atoms with Crippen molar-refractivity contribution in [2.24, 2.45) is 0 Å². The number of likely N-dealkylation sites (tertiary alicyclic amines) is 1. The van der Waals surface area contributed by atoms with Crippen molar-refractivity contribution in [2.75, 3.05) is 6.54 Å². The Morgan fingerprint density at radius 1 is 1.12 bits per heavy atom. The molecule has 0 aliphatic carbocycles. The molecule has 1 amide bonds. The largest absolute Gasteiger partial charge is 0.337 e. The maximum Gasteiger partial charge on any atom is 0.254 e. The number of benzene rings is 2. The molecular formula is C19H16BrN3O2. The molecule has 1 aliphatic rings. The van der Waals surface area contributed by atoms with Crippen LogP contribution in [0.3, 0.4) is 0 Å². The summed E-state index contributed by atoms with van der Waals surface area (Å²) in [6.45, 7) is 0.697. The Morgan fingerprint density at radius 2 is 1.88 bits per heavy atom. The summed E-state index contributed by atoms with van der Waals surface area (Å²) in [4.78, 5) is 19.2. The molecule has 25 heavy (non-hydrogen) atoms. The van der Waals surface area contributed by atoms with Gasteiger partial charge in [-0.15, -0.1) is 0 Å². The highest BCUT2D eigenvalue weighted by atomic mass is 79.9. The van der Waals surface area contributed by atoms with Crippen molar-refractivity contribution in [3.63, 3.8) is 0 Å². The number of halogens is 1. The van der Waals surface area contributed by atoms with Gasteiger partial charge in [0, 0.05) is 22.1 Å². The lowest BCUT2D eigenvalue weighted by atomic mass is 10.1. The second-order valence-corrected chi connectivity index (χ2v) is 6.90. The fourth-order valence-corrected chi connectivity index (χ4v) is 3.36. The molecule has 6 heteroatoms. The molecular weight excluding hydrogens is 382 g/mol. The van der Waals surface area contributed by atoms with Gasteiger partial charge in [-0.05, 0) is 37.1 Å². The van der Waals surface area contributed by atoms with Gasteiger partial charge in [-0.25, -0.2) is 0 Å². The Hall–Kier alpha value is -2.47. The average molecular weight is 398 g/mol. The summed E-state index contributed by atoms with van der Waals surface area (Å²) in [7, 11) is 0. The molecule has 2 heterocycles. The fourth-order valence-electron chi connectivity index (χ4n) is 3.10. The maximum atomic E-state index is 12.8. The third kappa shape index (κ3) is 3.22. The minimum absolute atomic E-state index is 0.00513. The summed E-state index contributed by atoms with van der Waals surface area (Å²) < 4.78 is 6.43. The molecule has 1 fully saturated rings. The number of amides is 1. The molecule has 5 nitrogen and oxygen atoms in total. The fraction of sp³-hybridized carbons (Fsp3) is 0.211. The number of carbonyl (C=O) groups is 1. The number of nitrogens with zero attached hydrogens (tertiary/aromatic N) is 3. The van der Waals surface area contributed by atoms with Crippen LogP contribution in [0, 0.1) is 0 Å². The molecule has 3 aromatic rings. The van der Waals surface area contributed by atoms with Crippen LogP contribution in [0.2, 0.25) is 0 Å².